The van der Waals surface area contributed by atoms with Crippen molar-refractivity contribution in [1.29, 1.82) is 0 Å². The molecule has 0 bridgehead atoms. The Kier molecular flexibility index (Phi) is 2.65. The fourth-order valence-corrected chi connectivity index (χ4v) is 2.32. The Morgan fingerprint density at radius 1 is 1.50 bits per heavy atom. The maximum absolute atomic E-state index is 2.43. The van der Waals surface area contributed by atoms with Gasteiger partial charge in [0.25, 0.3) is 0 Å². The monoisotopic (exact) mass is 176 g/mol. The number of rotatable bonds is 1. The second kappa shape index (κ2) is 3.32. The fourth-order valence-electron chi connectivity index (χ4n) is 0.994. The summed E-state index contributed by atoms with van der Waals surface area (Å²) in [6.07, 6.45) is 8.06. The Morgan fingerprint density at radius 2 is 2.38 bits per heavy atom. The van der Waals surface area contributed by atoms with Crippen molar-refractivity contribution in [3.8, 4) is 0 Å². The van der Waals surface area contributed by atoms with Gasteiger partial charge in [-0.05, 0) is 0 Å². The van der Waals surface area contributed by atoms with Crippen molar-refractivity contribution in [3.63, 3.8) is 0 Å². The average molecular weight is 175 g/mol. The standard InChI is InChI=1S/C7H12Se/c1-8-7-5-3-2-4-6-7/h5H,2-4,6H2,1H3. The van der Waals surface area contributed by atoms with Gasteiger partial charge in [-0.3, -0.25) is 0 Å². The van der Waals surface area contributed by atoms with Gasteiger partial charge in [-0.15, -0.1) is 0 Å². The van der Waals surface area contributed by atoms with E-state index in [1.165, 1.54) is 25.7 Å². The zero-order chi connectivity index (χ0) is 5.82. The minimum atomic E-state index is 0.806. The number of hydrogen-bond acceptors (Lipinski definition) is 0. The molecular formula is C7H12Se. The molecule has 0 aliphatic heterocycles. The van der Waals surface area contributed by atoms with Gasteiger partial charge in [0.2, 0.25) is 0 Å². The third kappa shape index (κ3) is 1.65. The van der Waals surface area contributed by atoms with E-state index in [2.05, 4.69) is 11.9 Å². The molecule has 0 radical (unpaired) electrons. The summed E-state index contributed by atoms with van der Waals surface area (Å²) < 4.78 is 1.74. The third-order valence-electron chi connectivity index (χ3n) is 1.51. The molecule has 0 saturated heterocycles. The predicted octanol–water partition coefficient (Wildman–Crippen LogP) is 2.20. The number of hydrogen-bond donors (Lipinski definition) is 0. The Labute approximate surface area is 57.5 Å². The van der Waals surface area contributed by atoms with E-state index in [9.17, 15) is 0 Å². The maximum atomic E-state index is 2.43. The van der Waals surface area contributed by atoms with Crippen LogP contribution in [0.2, 0.25) is 5.82 Å². The molecule has 0 aromatic carbocycles. The van der Waals surface area contributed by atoms with Gasteiger partial charge in [-0.2, -0.15) is 0 Å². The van der Waals surface area contributed by atoms with Gasteiger partial charge >= 0.3 is 57.0 Å². The van der Waals surface area contributed by atoms with Crippen LogP contribution in [0.4, 0.5) is 0 Å². The van der Waals surface area contributed by atoms with Crippen LogP contribution in [-0.2, 0) is 0 Å². The first-order valence-corrected chi connectivity index (χ1v) is 5.73. The van der Waals surface area contributed by atoms with Crippen molar-refractivity contribution in [2.75, 3.05) is 0 Å². The van der Waals surface area contributed by atoms with E-state index in [1.807, 2.05) is 0 Å². The molecular weight excluding hydrogens is 163 g/mol. The molecule has 0 fully saturated rings. The molecule has 46 valence electrons. The van der Waals surface area contributed by atoms with E-state index < -0.39 is 0 Å². The van der Waals surface area contributed by atoms with Gasteiger partial charge in [0.05, 0.1) is 0 Å². The van der Waals surface area contributed by atoms with Crippen LogP contribution < -0.4 is 0 Å². The van der Waals surface area contributed by atoms with Crippen LogP contribution in [0, 0.1) is 0 Å². The van der Waals surface area contributed by atoms with Crippen LogP contribution in [0.25, 0.3) is 0 Å². The first-order chi connectivity index (χ1) is 3.93. The van der Waals surface area contributed by atoms with Gasteiger partial charge in [-0.25, -0.2) is 0 Å². The molecule has 0 spiro atoms. The average Bonchev–Trinajstić information content (AvgIpc) is 1.90. The molecule has 1 rings (SSSR count). The molecule has 0 amide bonds. The van der Waals surface area contributed by atoms with Gasteiger partial charge in [0.15, 0.2) is 0 Å². The van der Waals surface area contributed by atoms with Gasteiger partial charge in [0, 0.05) is 0 Å². The third-order valence-corrected chi connectivity index (χ3v) is 3.39. The van der Waals surface area contributed by atoms with E-state index in [0.29, 0.717) is 0 Å². The van der Waals surface area contributed by atoms with E-state index >= 15 is 0 Å². The van der Waals surface area contributed by atoms with Crippen molar-refractivity contribution in [3.05, 3.63) is 10.5 Å². The quantitative estimate of drug-likeness (QED) is 0.536. The van der Waals surface area contributed by atoms with E-state index in [4.69, 9.17) is 0 Å². The summed E-state index contributed by atoms with van der Waals surface area (Å²) >= 11 is 0.806. The molecule has 0 aromatic rings. The summed E-state index contributed by atoms with van der Waals surface area (Å²) in [6.45, 7) is 0. The second-order valence-corrected chi connectivity index (χ2v) is 4.08. The van der Waals surface area contributed by atoms with Crippen LogP contribution in [0.3, 0.4) is 0 Å². The first-order valence-electron chi connectivity index (χ1n) is 3.16. The van der Waals surface area contributed by atoms with Crippen molar-refractivity contribution in [2.24, 2.45) is 0 Å². The molecule has 0 N–H and O–H groups in total. The van der Waals surface area contributed by atoms with Gasteiger partial charge in [-0.1, -0.05) is 0 Å². The molecule has 0 unspecified atom stereocenters. The molecule has 0 nitrogen and oxygen atoms in total. The molecule has 1 heteroatoms. The molecule has 0 atom stereocenters. The minimum absolute atomic E-state index is 0.806. The van der Waals surface area contributed by atoms with Crippen LogP contribution in [0.15, 0.2) is 10.5 Å². The fraction of sp³-hybridized carbons (Fsp3) is 0.714. The Morgan fingerprint density at radius 3 is 2.75 bits per heavy atom. The van der Waals surface area contributed by atoms with Crippen LogP contribution in [0.1, 0.15) is 25.7 Å². The molecule has 0 aromatic heterocycles. The Balaban J connectivity index is 2.37. The SMILES string of the molecule is C[Se]C1=CCCCC1. The van der Waals surface area contributed by atoms with E-state index in [0.717, 1.165) is 15.0 Å². The van der Waals surface area contributed by atoms with Gasteiger partial charge in [0.1, 0.15) is 0 Å². The summed E-state index contributed by atoms with van der Waals surface area (Å²) in [5.74, 6) is 2.31. The summed E-state index contributed by atoms with van der Waals surface area (Å²) in [4.78, 5) is 0. The zero-order valence-corrected chi connectivity index (χ0v) is 7.03. The normalized spacial score (nSPS) is 20.4. The summed E-state index contributed by atoms with van der Waals surface area (Å²) in [6, 6.07) is 0. The number of allylic oxidation sites excluding steroid dienone is 2. The summed E-state index contributed by atoms with van der Waals surface area (Å²) in [5, 5.41) is 0. The topological polar surface area (TPSA) is 0 Å². The molecule has 1 aliphatic rings. The summed E-state index contributed by atoms with van der Waals surface area (Å²) in [5.41, 5.74) is 0. The first kappa shape index (κ1) is 6.38. The predicted molar refractivity (Wildman–Crippen MR) is 38.2 cm³/mol. The van der Waals surface area contributed by atoms with Crippen molar-refractivity contribution < 1.29 is 0 Å². The molecule has 0 heterocycles. The molecule has 1 aliphatic carbocycles. The second-order valence-electron chi connectivity index (χ2n) is 2.12. The molecule has 8 heavy (non-hydrogen) atoms. The Bertz CT molecular complexity index is 94.6. The Hall–Kier alpha value is 0.259. The zero-order valence-electron chi connectivity index (χ0n) is 5.31. The van der Waals surface area contributed by atoms with Crippen molar-refractivity contribution >= 4 is 15.0 Å². The molecule has 0 saturated carbocycles. The van der Waals surface area contributed by atoms with Gasteiger partial charge < -0.3 is 0 Å². The summed E-state index contributed by atoms with van der Waals surface area (Å²) in [7, 11) is 0. The van der Waals surface area contributed by atoms with Crippen molar-refractivity contribution in [2.45, 2.75) is 31.5 Å². The van der Waals surface area contributed by atoms with Crippen LogP contribution >= 0.6 is 0 Å². The van der Waals surface area contributed by atoms with Crippen molar-refractivity contribution in [1.82, 2.24) is 0 Å². The van der Waals surface area contributed by atoms with E-state index in [1.54, 1.807) is 4.47 Å². The van der Waals surface area contributed by atoms with E-state index in [-0.39, 0.29) is 0 Å². The van der Waals surface area contributed by atoms with Crippen LogP contribution in [0.5, 0.6) is 0 Å². The van der Waals surface area contributed by atoms with Crippen LogP contribution in [-0.4, -0.2) is 15.0 Å².